The second-order valence-electron chi connectivity index (χ2n) is 4.99. The van der Waals surface area contributed by atoms with Gasteiger partial charge >= 0.3 is 0 Å². The predicted octanol–water partition coefficient (Wildman–Crippen LogP) is 2.66. The minimum atomic E-state index is -0.131. The summed E-state index contributed by atoms with van der Waals surface area (Å²) in [5.74, 6) is 0.695. The van der Waals surface area contributed by atoms with Crippen LogP contribution in [0, 0.1) is 0 Å². The molecular formula is C18H21N3O2. The number of anilines is 1. The third-order valence-corrected chi connectivity index (χ3v) is 3.31. The van der Waals surface area contributed by atoms with Crippen molar-refractivity contribution >= 4 is 11.6 Å². The fourth-order valence-corrected chi connectivity index (χ4v) is 2.07. The van der Waals surface area contributed by atoms with E-state index in [-0.39, 0.29) is 5.91 Å². The number of nitrogens with zero attached hydrogens (tertiary/aromatic N) is 1. The van der Waals surface area contributed by atoms with Crippen molar-refractivity contribution in [3.63, 3.8) is 0 Å². The number of pyridine rings is 1. The zero-order valence-electron chi connectivity index (χ0n) is 13.2. The summed E-state index contributed by atoms with van der Waals surface area (Å²) >= 11 is 0. The van der Waals surface area contributed by atoms with Gasteiger partial charge in [-0.3, -0.25) is 9.78 Å². The van der Waals surface area contributed by atoms with Gasteiger partial charge in [-0.25, -0.2) is 0 Å². The smallest absolute Gasteiger partial charge is 0.252 e. The number of benzene rings is 1. The Bertz CT molecular complexity index is 654. The van der Waals surface area contributed by atoms with E-state index in [9.17, 15) is 4.79 Å². The Morgan fingerprint density at radius 3 is 2.78 bits per heavy atom. The maximum atomic E-state index is 12.1. The summed E-state index contributed by atoms with van der Waals surface area (Å²) in [4.78, 5) is 16.2. The first-order valence-electron chi connectivity index (χ1n) is 7.44. The molecule has 1 heterocycles. The zero-order chi connectivity index (χ0) is 16.5. The normalized spacial score (nSPS) is 9.96. The van der Waals surface area contributed by atoms with Crippen LogP contribution in [0.5, 0.6) is 5.75 Å². The lowest BCUT2D eigenvalue weighted by Gasteiger charge is -2.08. The molecule has 0 fully saturated rings. The van der Waals surface area contributed by atoms with E-state index in [0.717, 1.165) is 23.4 Å². The van der Waals surface area contributed by atoms with Crippen LogP contribution < -0.4 is 15.4 Å². The van der Waals surface area contributed by atoms with Crippen molar-refractivity contribution in [2.45, 2.75) is 6.42 Å². The van der Waals surface area contributed by atoms with Crippen LogP contribution >= 0.6 is 0 Å². The molecule has 2 N–H and O–H groups in total. The Balaban J connectivity index is 1.85. The Hall–Kier alpha value is -2.82. The highest BCUT2D eigenvalue weighted by molar-refractivity contribution is 5.94. The molecule has 1 aromatic heterocycles. The number of aromatic nitrogens is 1. The minimum Gasteiger partial charge on any atom is -0.497 e. The number of amides is 1. The second-order valence-corrected chi connectivity index (χ2v) is 4.99. The van der Waals surface area contributed by atoms with Crippen molar-refractivity contribution in [1.82, 2.24) is 10.3 Å². The zero-order valence-corrected chi connectivity index (χ0v) is 13.2. The van der Waals surface area contributed by atoms with Gasteiger partial charge in [0.1, 0.15) is 5.75 Å². The average molecular weight is 311 g/mol. The molecule has 1 amide bonds. The minimum absolute atomic E-state index is 0.131. The molecule has 0 aliphatic rings. The van der Waals surface area contributed by atoms with Gasteiger partial charge in [-0.15, -0.1) is 6.58 Å². The molecule has 1 aromatic carbocycles. The molecule has 0 aliphatic heterocycles. The first-order chi connectivity index (χ1) is 11.2. The number of hydrogen-bond donors (Lipinski definition) is 2. The quantitative estimate of drug-likeness (QED) is 0.736. The summed E-state index contributed by atoms with van der Waals surface area (Å²) in [6.45, 7) is 4.84. The first-order valence-corrected chi connectivity index (χ1v) is 7.44. The number of methoxy groups -OCH3 is 1. The van der Waals surface area contributed by atoms with Crippen molar-refractivity contribution in [2.24, 2.45) is 0 Å². The van der Waals surface area contributed by atoms with E-state index in [1.165, 1.54) is 0 Å². The second kappa shape index (κ2) is 8.58. The fourth-order valence-electron chi connectivity index (χ4n) is 2.07. The fraction of sp³-hybridized carbons (Fsp3) is 0.222. The maximum Gasteiger partial charge on any atom is 0.252 e. The number of hydrogen-bond acceptors (Lipinski definition) is 4. The standard InChI is InChI=1S/C18H21N3O2/c1-3-9-20-16-11-15(12-19-13-16)18(22)21-10-8-14-4-6-17(23-2)7-5-14/h3-7,11-13,20H,1,8-10H2,2H3,(H,21,22). The van der Waals surface area contributed by atoms with Crippen LogP contribution in [0.4, 0.5) is 5.69 Å². The molecule has 0 unspecified atom stereocenters. The molecule has 0 aliphatic carbocycles. The summed E-state index contributed by atoms with van der Waals surface area (Å²) in [7, 11) is 1.64. The van der Waals surface area contributed by atoms with E-state index in [1.807, 2.05) is 24.3 Å². The van der Waals surface area contributed by atoms with Gasteiger partial charge < -0.3 is 15.4 Å². The monoisotopic (exact) mass is 311 g/mol. The summed E-state index contributed by atoms with van der Waals surface area (Å²) < 4.78 is 5.12. The lowest BCUT2D eigenvalue weighted by molar-refractivity contribution is 0.0954. The van der Waals surface area contributed by atoms with Gasteiger partial charge in [-0.1, -0.05) is 18.2 Å². The van der Waals surface area contributed by atoms with Crippen molar-refractivity contribution in [3.05, 3.63) is 66.5 Å². The molecule has 0 saturated heterocycles. The Morgan fingerprint density at radius 1 is 1.30 bits per heavy atom. The number of ether oxygens (including phenoxy) is 1. The molecule has 0 bridgehead atoms. The highest BCUT2D eigenvalue weighted by Crippen LogP contribution is 2.11. The van der Waals surface area contributed by atoms with Gasteiger partial charge in [0.05, 0.1) is 18.4 Å². The van der Waals surface area contributed by atoms with Crippen molar-refractivity contribution in [1.29, 1.82) is 0 Å². The van der Waals surface area contributed by atoms with Gasteiger partial charge in [0.25, 0.3) is 5.91 Å². The highest BCUT2D eigenvalue weighted by atomic mass is 16.5. The number of carbonyl (C=O) groups is 1. The lowest BCUT2D eigenvalue weighted by Crippen LogP contribution is -2.25. The molecule has 5 heteroatoms. The van der Waals surface area contributed by atoms with E-state index in [0.29, 0.717) is 18.7 Å². The number of carbonyl (C=O) groups excluding carboxylic acids is 1. The SMILES string of the molecule is C=CCNc1cncc(C(=O)NCCc2ccc(OC)cc2)c1. The molecular weight excluding hydrogens is 290 g/mol. The summed E-state index contributed by atoms with van der Waals surface area (Å²) in [6.07, 6.45) is 5.75. The van der Waals surface area contributed by atoms with Gasteiger partial charge in [0.2, 0.25) is 0 Å². The molecule has 23 heavy (non-hydrogen) atoms. The Morgan fingerprint density at radius 2 is 2.09 bits per heavy atom. The number of nitrogens with one attached hydrogen (secondary N) is 2. The third kappa shape index (κ3) is 5.14. The van der Waals surface area contributed by atoms with Crippen LogP contribution in [0.1, 0.15) is 15.9 Å². The Labute approximate surface area is 136 Å². The van der Waals surface area contributed by atoms with Gasteiger partial charge in [0, 0.05) is 25.5 Å². The van der Waals surface area contributed by atoms with Crippen LogP contribution in [-0.2, 0) is 6.42 Å². The molecule has 0 spiro atoms. The summed E-state index contributed by atoms with van der Waals surface area (Å²) in [5, 5.41) is 6.01. The highest BCUT2D eigenvalue weighted by Gasteiger charge is 2.06. The van der Waals surface area contributed by atoms with Crippen LogP contribution in [0.2, 0.25) is 0 Å². The first kappa shape index (κ1) is 16.5. The molecule has 120 valence electrons. The van der Waals surface area contributed by atoms with Gasteiger partial charge in [-0.05, 0) is 30.2 Å². The topological polar surface area (TPSA) is 63.2 Å². The van der Waals surface area contributed by atoms with Crippen LogP contribution in [0.25, 0.3) is 0 Å². The third-order valence-electron chi connectivity index (χ3n) is 3.31. The Kier molecular flexibility index (Phi) is 6.17. The molecule has 0 saturated carbocycles. The van der Waals surface area contributed by atoms with Crippen molar-refractivity contribution in [3.8, 4) is 5.75 Å². The van der Waals surface area contributed by atoms with Gasteiger partial charge in [0.15, 0.2) is 0 Å². The van der Waals surface area contributed by atoms with E-state index in [2.05, 4.69) is 22.2 Å². The van der Waals surface area contributed by atoms with Crippen molar-refractivity contribution < 1.29 is 9.53 Å². The molecule has 0 radical (unpaired) electrons. The van der Waals surface area contributed by atoms with Crippen molar-refractivity contribution in [2.75, 3.05) is 25.5 Å². The van der Waals surface area contributed by atoms with E-state index in [1.54, 1.807) is 31.6 Å². The van der Waals surface area contributed by atoms with E-state index in [4.69, 9.17) is 4.74 Å². The molecule has 2 rings (SSSR count). The summed E-state index contributed by atoms with van der Waals surface area (Å²) in [5.41, 5.74) is 2.48. The van der Waals surface area contributed by atoms with Crippen LogP contribution in [0.3, 0.4) is 0 Å². The van der Waals surface area contributed by atoms with Gasteiger partial charge in [-0.2, -0.15) is 0 Å². The van der Waals surface area contributed by atoms with E-state index < -0.39 is 0 Å². The summed E-state index contributed by atoms with van der Waals surface area (Å²) in [6, 6.07) is 9.59. The van der Waals surface area contributed by atoms with Crippen LogP contribution in [-0.4, -0.2) is 31.1 Å². The van der Waals surface area contributed by atoms with Crippen LogP contribution in [0.15, 0.2) is 55.4 Å². The van der Waals surface area contributed by atoms with E-state index >= 15 is 0 Å². The number of rotatable bonds is 8. The average Bonchev–Trinajstić information content (AvgIpc) is 2.60. The molecule has 5 nitrogen and oxygen atoms in total. The predicted molar refractivity (Wildman–Crippen MR) is 92.0 cm³/mol. The molecule has 2 aromatic rings. The maximum absolute atomic E-state index is 12.1. The molecule has 0 atom stereocenters. The lowest BCUT2D eigenvalue weighted by atomic mass is 10.1. The largest absolute Gasteiger partial charge is 0.497 e.